The van der Waals surface area contributed by atoms with E-state index in [1.54, 1.807) is 24.3 Å². The molecule has 22 heavy (non-hydrogen) atoms. The number of nitrogens with one attached hydrogen (secondary N) is 2. The lowest BCUT2D eigenvalue weighted by molar-refractivity contribution is -0.115. The first-order valence-electron chi connectivity index (χ1n) is 6.77. The number of carbonyl (C=O) groups excluding carboxylic acids is 1. The third-order valence-electron chi connectivity index (χ3n) is 2.58. The molecule has 1 amide bonds. The topological polar surface area (TPSA) is 66.9 Å². The van der Waals surface area contributed by atoms with Crippen molar-refractivity contribution < 1.29 is 4.79 Å². The average Bonchev–Trinajstić information content (AvgIpc) is 2.87. The second-order valence-electron chi connectivity index (χ2n) is 4.93. The van der Waals surface area contributed by atoms with Crippen molar-refractivity contribution in [2.45, 2.75) is 36.4 Å². The number of halogens is 1. The van der Waals surface area contributed by atoms with E-state index in [2.05, 4.69) is 20.8 Å². The van der Waals surface area contributed by atoms with Gasteiger partial charge in [0, 0.05) is 16.8 Å². The highest BCUT2D eigenvalue weighted by Crippen LogP contribution is 2.29. The Kier molecular flexibility index (Phi) is 6.05. The molecule has 8 heteroatoms. The molecule has 0 aliphatic rings. The fourth-order valence-corrected chi connectivity index (χ4v) is 3.71. The second kappa shape index (κ2) is 7.80. The first-order valence-corrected chi connectivity index (χ1v) is 8.84. The van der Waals surface area contributed by atoms with E-state index in [4.69, 9.17) is 11.6 Å². The van der Waals surface area contributed by atoms with Gasteiger partial charge in [-0.15, -0.1) is 10.2 Å². The highest BCUT2D eigenvalue weighted by atomic mass is 35.5. The van der Waals surface area contributed by atoms with E-state index in [1.807, 2.05) is 20.8 Å². The van der Waals surface area contributed by atoms with Crippen LogP contribution in [0.5, 0.6) is 0 Å². The Hall–Kier alpha value is -1.31. The summed E-state index contributed by atoms with van der Waals surface area (Å²) >= 11 is 8.66. The molecule has 1 heterocycles. The zero-order valence-electron chi connectivity index (χ0n) is 12.5. The summed E-state index contributed by atoms with van der Waals surface area (Å²) in [4.78, 5) is 12.2. The van der Waals surface area contributed by atoms with E-state index >= 15 is 0 Å². The standard InChI is InChI=1S/C14H17ClN4OS2/c1-8(2)16-13-18-19-14(22-13)21-9(3)12(20)17-11-6-4-10(15)5-7-11/h4-9H,1-3H3,(H,16,18)(H,17,20)/t9-/m0/s1. The number of nitrogens with zero attached hydrogens (tertiary/aromatic N) is 2. The zero-order valence-corrected chi connectivity index (χ0v) is 14.9. The number of anilines is 2. The summed E-state index contributed by atoms with van der Waals surface area (Å²) in [5.74, 6) is -0.0825. The number of thioether (sulfide) groups is 1. The summed E-state index contributed by atoms with van der Waals surface area (Å²) in [6, 6.07) is 7.32. The van der Waals surface area contributed by atoms with Crippen molar-refractivity contribution in [3.63, 3.8) is 0 Å². The Balaban J connectivity index is 1.90. The Morgan fingerprint density at radius 2 is 1.91 bits per heavy atom. The van der Waals surface area contributed by atoms with Gasteiger partial charge in [-0.25, -0.2) is 0 Å². The number of aromatic nitrogens is 2. The minimum Gasteiger partial charge on any atom is -0.358 e. The third kappa shape index (κ3) is 5.15. The van der Waals surface area contributed by atoms with Crippen LogP contribution in [-0.4, -0.2) is 27.4 Å². The van der Waals surface area contributed by atoms with E-state index in [-0.39, 0.29) is 11.2 Å². The molecule has 0 aliphatic carbocycles. The van der Waals surface area contributed by atoms with Crippen molar-refractivity contribution in [1.82, 2.24) is 10.2 Å². The SMILES string of the molecule is CC(C)Nc1nnc(S[C@@H](C)C(=O)Nc2ccc(Cl)cc2)s1. The summed E-state index contributed by atoms with van der Waals surface area (Å²) in [6.45, 7) is 5.92. The van der Waals surface area contributed by atoms with Gasteiger partial charge in [0.05, 0.1) is 5.25 Å². The van der Waals surface area contributed by atoms with Crippen LogP contribution in [0.1, 0.15) is 20.8 Å². The minimum atomic E-state index is -0.268. The van der Waals surface area contributed by atoms with Crippen LogP contribution in [0.2, 0.25) is 5.02 Å². The lowest BCUT2D eigenvalue weighted by Gasteiger charge is -2.10. The van der Waals surface area contributed by atoms with Crippen molar-refractivity contribution in [3.05, 3.63) is 29.3 Å². The number of rotatable bonds is 6. The van der Waals surface area contributed by atoms with Crippen molar-refractivity contribution >= 4 is 51.4 Å². The van der Waals surface area contributed by atoms with E-state index < -0.39 is 0 Å². The molecule has 0 unspecified atom stereocenters. The van der Waals surface area contributed by atoms with Gasteiger partial charge in [0.1, 0.15) is 0 Å². The number of amides is 1. The Morgan fingerprint density at radius 1 is 1.23 bits per heavy atom. The monoisotopic (exact) mass is 356 g/mol. The molecule has 0 fully saturated rings. The molecule has 2 aromatic rings. The molecule has 0 saturated carbocycles. The predicted molar refractivity (Wildman–Crippen MR) is 94.1 cm³/mol. The summed E-state index contributed by atoms with van der Waals surface area (Å²) in [7, 11) is 0. The quantitative estimate of drug-likeness (QED) is 0.762. The molecule has 2 N–H and O–H groups in total. The van der Waals surface area contributed by atoms with Crippen LogP contribution in [0, 0.1) is 0 Å². The Labute approximate surface area is 142 Å². The lowest BCUT2D eigenvalue weighted by Crippen LogP contribution is -2.22. The highest BCUT2D eigenvalue weighted by molar-refractivity contribution is 8.02. The van der Waals surface area contributed by atoms with Crippen LogP contribution in [0.3, 0.4) is 0 Å². The Morgan fingerprint density at radius 3 is 2.55 bits per heavy atom. The van der Waals surface area contributed by atoms with Gasteiger partial charge in [-0.05, 0) is 45.0 Å². The van der Waals surface area contributed by atoms with Gasteiger partial charge in [-0.1, -0.05) is 34.7 Å². The highest BCUT2D eigenvalue weighted by Gasteiger charge is 2.17. The zero-order chi connectivity index (χ0) is 16.1. The largest absolute Gasteiger partial charge is 0.358 e. The van der Waals surface area contributed by atoms with Crippen LogP contribution in [0.4, 0.5) is 10.8 Å². The smallest absolute Gasteiger partial charge is 0.237 e. The predicted octanol–water partition coefficient (Wildman–Crippen LogP) is 4.13. The molecule has 118 valence electrons. The van der Waals surface area contributed by atoms with Crippen LogP contribution < -0.4 is 10.6 Å². The number of hydrogen-bond donors (Lipinski definition) is 2. The number of carbonyl (C=O) groups is 1. The van der Waals surface area contributed by atoms with E-state index in [0.717, 1.165) is 15.2 Å². The first kappa shape index (κ1) is 17.1. The molecule has 0 bridgehead atoms. The van der Waals surface area contributed by atoms with Crippen molar-refractivity contribution in [2.24, 2.45) is 0 Å². The maximum atomic E-state index is 12.2. The molecule has 0 radical (unpaired) electrons. The molecule has 1 aromatic carbocycles. The van der Waals surface area contributed by atoms with Crippen molar-refractivity contribution in [2.75, 3.05) is 10.6 Å². The molecule has 0 saturated heterocycles. The molecule has 1 aromatic heterocycles. The number of benzene rings is 1. The van der Waals surface area contributed by atoms with Gasteiger partial charge < -0.3 is 10.6 Å². The summed E-state index contributed by atoms with van der Waals surface area (Å²) < 4.78 is 0.766. The van der Waals surface area contributed by atoms with Crippen LogP contribution in [0.25, 0.3) is 0 Å². The van der Waals surface area contributed by atoms with Gasteiger partial charge in [0.15, 0.2) is 4.34 Å². The molecule has 0 spiro atoms. The van der Waals surface area contributed by atoms with Gasteiger partial charge in [-0.3, -0.25) is 4.79 Å². The molecular weight excluding hydrogens is 340 g/mol. The fourth-order valence-electron chi connectivity index (χ4n) is 1.54. The summed E-state index contributed by atoms with van der Waals surface area (Å²) in [5.41, 5.74) is 0.723. The van der Waals surface area contributed by atoms with Gasteiger partial charge in [0.25, 0.3) is 0 Å². The Bertz CT molecular complexity index is 630. The number of hydrogen-bond acceptors (Lipinski definition) is 6. The third-order valence-corrected chi connectivity index (χ3v) is 4.87. The average molecular weight is 357 g/mol. The second-order valence-corrected chi connectivity index (χ2v) is 7.93. The van der Waals surface area contributed by atoms with Crippen LogP contribution >= 0.6 is 34.7 Å². The normalized spacial score (nSPS) is 12.2. The molecular formula is C14H17ClN4OS2. The fraction of sp³-hybridized carbons (Fsp3) is 0.357. The van der Waals surface area contributed by atoms with Crippen molar-refractivity contribution in [3.8, 4) is 0 Å². The lowest BCUT2D eigenvalue weighted by atomic mass is 10.3. The summed E-state index contributed by atoms with van der Waals surface area (Å²) in [6.07, 6.45) is 0. The molecule has 1 atom stereocenters. The van der Waals surface area contributed by atoms with E-state index in [9.17, 15) is 4.79 Å². The van der Waals surface area contributed by atoms with Gasteiger partial charge in [-0.2, -0.15) is 0 Å². The summed E-state index contributed by atoms with van der Waals surface area (Å²) in [5, 5.41) is 15.3. The van der Waals surface area contributed by atoms with Gasteiger partial charge >= 0.3 is 0 Å². The van der Waals surface area contributed by atoms with E-state index in [0.29, 0.717) is 11.1 Å². The van der Waals surface area contributed by atoms with Crippen LogP contribution in [0.15, 0.2) is 28.6 Å². The maximum Gasteiger partial charge on any atom is 0.237 e. The van der Waals surface area contributed by atoms with Gasteiger partial charge in [0.2, 0.25) is 11.0 Å². The molecule has 2 rings (SSSR count). The molecule has 5 nitrogen and oxygen atoms in total. The van der Waals surface area contributed by atoms with E-state index in [1.165, 1.54) is 23.1 Å². The first-order chi connectivity index (χ1) is 10.4. The van der Waals surface area contributed by atoms with Crippen molar-refractivity contribution in [1.29, 1.82) is 0 Å². The molecule has 0 aliphatic heterocycles. The van der Waals surface area contributed by atoms with Crippen LogP contribution in [-0.2, 0) is 4.79 Å². The maximum absolute atomic E-state index is 12.2. The minimum absolute atomic E-state index is 0.0825.